The van der Waals surface area contributed by atoms with Crippen molar-refractivity contribution in [2.24, 2.45) is 0 Å². The second-order valence-electron chi connectivity index (χ2n) is 6.40. The van der Waals surface area contributed by atoms with Crippen molar-refractivity contribution in [3.8, 4) is 0 Å². The van der Waals surface area contributed by atoms with Crippen molar-refractivity contribution in [2.75, 3.05) is 31.6 Å². The van der Waals surface area contributed by atoms with E-state index in [9.17, 15) is 13.2 Å². The second kappa shape index (κ2) is 8.65. The van der Waals surface area contributed by atoms with Crippen molar-refractivity contribution in [1.82, 2.24) is 4.31 Å². The number of hydrogen-bond acceptors (Lipinski definition) is 4. The van der Waals surface area contributed by atoms with E-state index in [0.29, 0.717) is 38.4 Å². The van der Waals surface area contributed by atoms with E-state index < -0.39 is 10.0 Å². The van der Waals surface area contributed by atoms with E-state index in [4.69, 9.17) is 4.74 Å². The quantitative estimate of drug-likeness (QED) is 0.826. The number of nitrogens with zero attached hydrogens (tertiary/aromatic N) is 1. The van der Waals surface area contributed by atoms with Crippen LogP contribution in [0, 0.1) is 0 Å². The maximum absolute atomic E-state index is 12.6. The Kier molecular flexibility index (Phi) is 6.26. The molecule has 1 heterocycles. The Bertz CT molecular complexity index is 861. The average Bonchev–Trinajstić information content (AvgIpc) is 2.70. The maximum atomic E-state index is 12.6. The molecule has 0 spiro atoms. The first-order valence-electron chi connectivity index (χ1n) is 9.06. The molecule has 1 aliphatic heterocycles. The zero-order valence-corrected chi connectivity index (χ0v) is 16.1. The number of sulfonamides is 1. The molecule has 1 fully saturated rings. The van der Waals surface area contributed by atoms with E-state index in [1.54, 1.807) is 12.1 Å². The molecular weight excluding hydrogens is 364 g/mol. The van der Waals surface area contributed by atoms with Gasteiger partial charge in [0.2, 0.25) is 15.9 Å². The van der Waals surface area contributed by atoms with Gasteiger partial charge in [-0.3, -0.25) is 4.79 Å². The fourth-order valence-corrected chi connectivity index (χ4v) is 4.54. The first-order chi connectivity index (χ1) is 13.0. The first kappa shape index (κ1) is 19.5. The van der Waals surface area contributed by atoms with E-state index >= 15 is 0 Å². The molecule has 3 rings (SSSR count). The zero-order chi connectivity index (χ0) is 19.3. The summed E-state index contributed by atoms with van der Waals surface area (Å²) in [6.07, 6.45) is 0.680. The van der Waals surface area contributed by atoms with Gasteiger partial charge in [-0.1, -0.05) is 37.3 Å². The van der Waals surface area contributed by atoms with Crippen LogP contribution in [0.2, 0.25) is 0 Å². The highest BCUT2D eigenvalue weighted by Crippen LogP contribution is 2.23. The summed E-state index contributed by atoms with van der Waals surface area (Å²) in [6, 6.07) is 15.9. The summed E-state index contributed by atoms with van der Waals surface area (Å²) in [6.45, 7) is 3.50. The van der Waals surface area contributed by atoms with Gasteiger partial charge in [-0.2, -0.15) is 4.31 Å². The SMILES string of the molecule is CC[C@H](C(=O)Nc1ccc(S(=O)(=O)N2CCOCC2)cc1)c1ccccc1. The van der Waals surface area contributed by atoms with Crippen molar-refractivity contribution in [2.45, 2.75) is 24.2 Å². The van der Waals surface area contributed by atoms with Gasteiger partial charge in [-0.15, -0.1) is 0 Å². The van der Waals surface area contributed by atoms with Gasteiger partial charge in [0.1, 0.15) is 0 Å². The Morgan fingerprint density at radius 2 is 1.70 bits per heavy atom. The third kappa shape index (κ3) is 4.55. The molecule has 27 heavy (non-hydrogen) atoms. The lowest BCUT2D eigenvalue weighted by molar-refractivity contribution is -0.117. The molecule has 6 nitrogen and oxygen atoms in total. The highest BCUT2D eigenvalue weighted by atomic mass is 32.2. The molecule has 7 heteroatoms. The molecule has 1 N–H and O–H groups in total. The van der Waals surface area contributed by atoms with Crippen molar-refractivity contribution in [3.63, 3.8) is 0 Å². The number of carbonyl (C=O) groups excluding carboxylic acids is 1. The van der Waals surface area contributed by atoms with E-state index in [2.05, 4.69) is 5.32 Å². The zero-order valence-electron chi connectivity index (χ0n) is 15.3. The number of benzene rings is 2. The third-order valence-corrected chi connectivity index (χ3v) is 6.57. The van der Waals surface area contributed by atoms with Gasteiger partial charge in [0.25, 0.3) is 0 Å². The topological polar surface area (TPSA) is 75.7 Å². The van der Waals surface area contributed by atoms with Gasteiger partial charge >= 0.3 is 0 Å². The van der Waals surface area contributed by atoms with Gasteiger partial charge in [0, 0.05) is 18.8 Å². The molecular formula is C20H24N2O4S. The van der Waals surface area contributed by atoms with Crippen LogP contribution in [0.15, 0.2) is 59.5 Å². The molecule has 1 saturated heterocycles. The molecule has 1 amide bonds. The van der Waals surface area contributed by atoms with Crippen LogP contribution < -0.4 is 5.32 Å². The molecule has 2 aromatic rings. The maximum Gasteiger partial charge on any atom is 0.243 e. The fourth-order valence-electron chi connectivity index (χ4n) is 3.13. The molecule has 1 atom stereocenters. The second-order valence-corrected chi connectivity index (χ2v) is 8.34. The summed E-state index contributed by atoms with van der Waals surface area (Å²) in [5, 5.41) is 2.88. The molecule has 2 aromatic carbocycles. The minimum atomic E-state index is -3.53. The summed E-state index contributed by atoms with van der Waals surface area (Å²) in [5.41, 5.74) is 1.54. The van der Waals surface area contributed by atoms with Crippen LogP contribution in [0.5, 0.6) is 0 Å². The van der Waals surface area contributed by atoms with Crippen LogP contribution in [0.1, 0.15) is 24.8 Å². The van der Waals surface area contributed by atoms with Crippen LogP contribution in [0.25, 0.3) is 0 Å². The number of ether oxygens (including phenoxy) is 1. The van der Waals surface area contributed by atoms with Crippen LogP contribution in [0.4, 0.5) is 5.69 Å². The number of morpholine rings is 1. The Hall–Kier alpha value is -2.22. The van der Waals surface area contributed by atoms with Gasteiger partial charge in [-0.25, -0.2) is 8.42 Å². The molecule has 0 bridgehead atoms. The number of hydrogen-bond donors (Lipinski definition) is 1. The molecule has 0 aliphatic carbocycles. The lowest BCUT2D eigenvalue weighted by atomic mass is 9.95. The number of anilines is 1. The first-order valence-corrected chi connectivity index (χ1v) is 10.5. The van der Waals surface area contributed by atoms with Crippen LogP contribution in [0.3, 0.4) is 0 Å². The summed E-state index contributed by atoms with van der Waals surface area (Å²) in [4.78, 5) is 12.8. The Morgan fingerprint density at radius 3 is 2.30 bits per heavy atom. The largest absolute Gasteiger partial charge is 0.379 e. The number of carbonyl (C=O) groups is 1. The van der Waals surface area contributed by atoms with Crippen LogP contribution >= 0.6 is 0 Å². The number of amides is 1. The number of rotatable bonds is 6. The Balaban J connectivity index is 1.71. The molecule has 1 aliphatic rings. The van der Waals surface area contributed by atoms with E-state index in [1.807, 2.05) is 37.3 Å². The van der Waals surface area contributed by atoms with E-state index in [1.165, 1.54) is 16.4 Å². The summed E-state index contributed by atoms with van der Waals surface area (Å²) in [5.74, 6) is -0.351. The standard InChI is InChI=1S/C20H24N2O4S/c1-2-19(16-6-4-3-5-7-16)20(23)21-17-8-10-18(11-9-17)27(24,25)22-12-14-26-15-13-22/h3-11,19H,2,12-15H2,1H3,(H,21,23)/t19-/m0/s1. The normalized spacial score (nSPS) is 16.6. The van der Waals surface area contributed by atoms with Crippen molar-refractivity contribution in [3.05, 3.63) is 60.2 Å². The van der Waals surface area contributed by atoms with Crippen LogP contribution in [-0.2, 0) is 19.6 Å². The third-order valence-electron chi connectivity index (χ3n) is 4.66. The molecule has 0 unspecified atom stereocenters. The van der Waals surface area contributed by atoms with Crippen LogP contribution in [-0.4, -0.2) is 44.9 Å². The monoisotopic (exact) mass is 388 g/mol. The minimum absolute atomic E-state index is 0.104. The Morgan fingerprint density at radius 1 is 1.07 bits per heavy atom. The predicted octanol–water partition coefficient (Wildman–Crippen LogP) is 2.84. The smallest absolute Gasteiger partial charge is 0.243 e. The molecule has 0 radical (unpaired) electrons. The highest BCUT2D eigenvalue weighted by molar-refractivity contribution is 7.89. The lowest BCUT2D eigenvalue weighted by Crippen LogP contribution is -2.40. The van der Waals surface area contributed by atoms with E-state index in [0.717, 1.165) is 5.56 Å². The fraction of sp³-hybridized carbons (Fsp3) is 0.350. The minimum Gasteiger partial charge on any atom is -0.379 e. The number of nitrogens with one attached hydrogen (secondary N) is 1. The molecule has 144 valence electrons. The summed E-state index contributed by atoms with van der Waals surface area (Å²) < 4.78 is 31.9. The van der Waals surface area contributed by atoms with Gasteiger partial charge < -0.3 is 10.1 Å². The lowest BCUT2D eigenvalue weighted by Gasteiger charge is -2.26. The van der Waals surface area contributed by atoms with Crippen molar-refractivity contribution < 1.29 is 17.9 Å². The van der Waals surface area contributed by atoms with Gasteiger partial charge in [0.05, 0.1) is 24.0 Å². The summed E-state index contributed by atoms with van der Waals surface area (Å²) >= 11 is 0. The van der Waals surface area contributed by atoms with Crippen molar-refractivity contribution >= 4 is 21.6 Å². The Labute approximate surface area is 160 Å². The van der Waals surface area contributed by atoms with Gasteiger partial charge in [-0.05, 0) is 36.2 Å². The summed E-state index contributed by atoms with van der Waals surface area (Å²) in [7, 11) is -3.53. The molecule has 0 aromatic heterocycles. The van der Waals surface area contributed by atoms with E-state index in [-0.39, 0.29) is 16.7 Å². The van der Waals surface area contributed by atoms with Crippen molar-refractivity contribution in [1.29, 1.82) is 0 Å². The predicted molar refractivity (Wildman–Crippen MR) is 104 cm³/mol. The highest BCUT2D eigenvalue weighted by Gasteiger charge is 2.26. The molecule has 0 saturated carbocycles. The average molecular weight is 388 g/mol. The van der Waals surface area contributed by atoms with Gasteiger partial charge in [0.15, 0.2) is 0 Å².